The lowest BCUT2D eigenvalue weighted by atomic mass is 9.68. The van der Waals surface area contributed by atoms with Crippen molar-refractivity contribution < 1.29 is 20.4 Å². The average Bonchev–Trinajstić information content (AvgIpc) is 1.56. The van der Waals surface area contributed by atoms with Crippen LogP contribution >= 0.6 is 31.9 Å². The normalized spacial score (nSPS) is 15.1. The Morgan fingerprint density at radius 2 is 0.394 bits per heavy atom. The molecule has 0 bridgehead atoms. The van der Waals surface area contributed by atoms with Gasteiger partial charge in [-0.2, -0.15) is 0 Å². The lowest BCUT2D eigenvalue weighted by molar-refractivity contribution is -0.107. The number of unbranched alkanes of at least 4 members (excludes halogenated alkanes) is 12. The van der Waals surface area contributed by atoms with E-state index in [2.05, 4.69) is 323 Å². The predicted molar refractivity (Wildman–Crippen MR) is 605 cm³/mol. The van der Waals surface area contributed by atoms with Gasteiger partial charge in [0.2, 0.25) is 0 Å². The molecule has 0 aliphatic heterocycles. The molecule has 4 N–H and O–H groups in total. The van der Waals surface area contributed by atoms with Gasteiger partial charge in [0, 0.05) is 30.6 Å². The molecule has 8 aliphatic carbocycles. The van der Waals surface area contributed by atoms with E-state index in [1.54, 1.807) is 88.8 Å². The van der Waals surface area contributed by atoms with E-state index in [0.29, 0.717) is 0 Å². The lowest BCUT2D eigenvalue weighted by Crippen LogP contribution is -2.44. The van der Waals surface area contributed by atoms with Crippen LogP contribution in [0.3, 0.4) is 0 Å². The van der Waals surface area contributed by atoms with Crippen molar-refractivity contribution >= 4 is 58.5 Å². The van der Waals surface area contributed by atoms with Crippen molar-refractivity contribution in [2.45, 2.75) is 319 Å². The highest BCUT2D eigenvalue weighted by atomic mass is 79.9. The van der Waals surface area contributed by atoms with Crippen LogP contribution in [0.4, 0.5) is 0 Å². The topological polar surface area (TPSA) is 80.9 Å². The maximum absolute atomic E-state index is 9.10. The van der Waals surface area contributed by atoms with Crippen LogP contribution in [0, 0.1) is 0 Å². The molecule has 0 aromatic heterocycles. The Morgan fingerprint density at radius 1 is 0.218 bits per heavy atom. The highest BCUT2D eigenvalue weighted by Gasteiger charge is 2.50. The summed E-state index contributed by atoms with van der Waals surface area (Å²) >= 11 is 8.01. The predicted octanol–water partition coefficient (Wildman–Crippen LogP) is 31.0. The van der Waals surface area contributed by atoms with Crippen molar-refractivity contribution in [3.05, 3.63) is 434 Å². The average molecular weight is 2000 g/mol. The van der Waals surface area contributed by atoms with Gasteiger partial charge in [0.15, 0.2) is 0 Å². The second-order valence-corrected chi connectivity index (χ2v) is 45.8. The van der Waals surface area contributed by atoms with E-state index < -0.39 is 22.4 Å². The molecule has 4 radical (unpaired) electrons. The van der Waals surface area contributed by atoms with Crippen LogP contribution < -0.4 is 10.9 Å². The second-order valence-electron chi connectivity index (χ2n) is 44.1. The molecule has 0 heterocycles. The molecule has 14 aromatic carbocycles. The van der Waals surface area contributed by atoms with E-state index in [1.807, 2.05) is 13.8 Å². The van der Waals surface area contributed by atoms with E-state index in [4.69, 9.17) is 36.1 Å². The standard InChI is InChI=1S/C60H56B2.C60H56Br2.2C6H14O2.C2H6/c2*61-57-40-46(18-6-2-4-16-36-60(48-34-32-42-28-30-44(42)38-48)55-25-13-9-21-51(55)52-22-10-14-26-56(52)60)58(62)39-45(57)17-5-1-3-15-35-59(47-33-31-41-27-29-43(41)37-47)53-23-11-7-19-49(53)50-20-8-12-24-54(50)59;2*1-5(2,7)6(3,4)8;1-2/h2*7-14,19-26,31-34,37-40H,1-6,15-18,27-30,35-36H2;2*7-8H,1-4H3;1-2H3. The fraction of sp³-hybridized carbons (Fsp3) is 0.373. The summed E-state index contributed by atoms with van der Waals surface area (Å²) in [6.45, 7) is 16.6. The first-order valence-electron chi connectivity index (χ1n) is 53.9. The highest BCUT2D eigenvalue weighted by molar-refractivity contribution is 9.11. The zero-order valence-corrected chi connectivity index (χ0v) is 89.2. The number of hydrogen-bond acceptors (Lipinski definition) is 4. The van der Waals surface area contributed by atoms with Crippen LogP contribution in [0.25, 0.3) is 44.5 Å². The zero-order chi connectivity index (χ0) is 99.4. The molecular formula is C134H146B2Br2O4. The van der Waals surface area contributed by atoms with Crippen LogP contribution in [0.2, 0.25) is 0 Å². The van der Waals surface area contributed by atoms with Crippen molar-refractivity contribution in [3.8, 4) is 44.5 Å². The van der Waals surface area contributed by atoms with Gasteiger partial charge in [-0.15, -0.1) is 0 Å². The van der Waals surface area contributed by atoms with Gasteiger partial charge in [0.25, 0.3) is 0 Å². The first kappa shape index (κ1) is 102. The molecule has 8 aliphatic rings. The van der Waals surface area contributed by atoms with Gasteiger partial charge in [0.05, 0.1) is 22.4 Å². The Balaban J connectivity index is 0.000000160. The number of benzene rings is 14. The van der Waals surface area contributed by atoms with E-state index >= 15 is 0 Å². The van der Waals surface area contributed by atoms with Crippen molar-refractivity contribution in [3.63, 3.8) is 0 Å². The van der Waals surface area contributed by atoms with Gasteiger partial charge in [-0.1, -0.05) is 424 Å². The largest absolute Gasteiger partial charge is 0.387 e. The Hall–Kier alpha value is -9.99. The van der Waals surface area contributed by atoms with Gasteiger partial charge in [-0.25, -0.2) is 0 Å². The summed E-state index contributed by atoms with van der Waals surface area (Å²) in [5.74, 6) is 0. The molecule has 0 unspecified atom stereocenters. The van der Waals surface area contributed by atoms with Crippen LogP contribution in [-0.4, -0.2) is 58.5 Å². The number of hydrogen-bond donors (Lipinski definition) is 4. The molecule has 0 saturated heterocycles. The summed E-state index contributed by atoms with van der Waals surface area (Å²) in [5.41, 5.74) is 44.3. The molecule has 8 heteroatoms. The molecule has 0 atom stereocenters. The molecule has 142 heavy (non-hydrogen) atoms. The van der Waals surface area contributed by atoms with E-state index in [0.717, 1.165) is 75.1 Å². The first-order chi connectivity index (χ1) is 68.6. The molecule has 4 nitrogen and oxygen atoms in total. The SMILES string of the molecule is Brc1cc(CCCCCCC2(c3ccc4c(c3)CC4)c3ccccc3-c3ccccc32)c(Br)cc1CCCCCCC1(c2ccc3c(c2)CC3)c2ccccc2-c2ccccc21.CC.CC(C)(O)C(C)(C)O.CC(C)(O)C(C)(C)O.[B]c1cc(CCCCCCC2(c3ccc4c(c3)CC4)c3ccccc3-c3ccccc32)c([B])cc1CCCCCCC1(c2ccc3c(c2)CC3)c2ccccc2-c2ccccc21. The summed E-state index contributed by atoms with van der Waals surface area (Å²) in [7, 11) is 13.5. The summed E-state index contributed by atoms with van der Waals surface area (Å²) in [6, 6.07) is 112. The molecule has 0 spiro atoms. The summed E-state index contributed by atoms with van der Waals surface area (Å²) in [5, 5.41) is 36.4. The lowest BCUT2D eigenvalue weighted by Gasteiger charge is -2.35. The highest BCUT2D eigenvalue weighted by Crippen LogP contribution is 2.61. The Bertz CT molecular complexity index is 5860. The minimum atomic E-state index is -1.01. The van der Waals surface area contributed by atoms with Crippen molar-refractivity contribution in [1.82, 2.24) is 0 Å². The molecule has 0 fully saturated rings. The van der Waals surface area contributed by atoms with Gasteiger partial charge in [0.1, 0.15) is 15.7 Å². The number of fused-ring (bicyclic) bond motifs is 16. The minimum Gasteiger partial charge on any atom is -0.387 e. The zero-order valence-electron chi connectivity index (χ0n) is 86.0. The maximum Gasteiger partial charge on any atom is 0.114 e. The summed E-state index contributed by atoms with van der Waals surface area (Å²) in [4.78, 5) is 0. The fourth-order valence-corrected chi connectivity index (χ4v) is 25.6. The van der Waals surface area contributed by atoms with E-state index in [-0.39, 0.29) is 21.7 Å². The monoisotopic (exact) mass is 2000 g/mol. The molecule has 0 amide bonds. The summed E-state index contributed by atoms with van der Waals surface area (Å²) < 4.78 is 2.54. The van der Waals surface area contributed by atoms with Crippen LogP contribution in [0.15, 0.2) is 300 Å². The molecular weight excluding hydrogens is 1850 g/mol. The van der Waals surface area contributed by atoms with Gasteiger partial charge in [-0.05, 0) is 363 Å². The van der Waals surface area contributed by atoms with Crippen LogP contribution in [0.5, 0.6) is 0 Å². The first-order valence-corrected chi connectivity index (χ1v) is 55.5. The Morgan fingerprint density at radius 3 is 0.570 bits per heavy atom. The van der Waals surface area contributed by atoms with Crippen molar-refractivity contribution in [2.24, 2.45) is 0 Å². The van der Waals surface area contributed by atoms with Crippen molar-refractivity contribution in [1.29, 1.82) is 0 Å². The minimum absolute atomic E-state index is 0.0687. The molecule has 726 valence electrons. The third kappa shape index (κ3) is 20.1. The van der Waals surface area contributed by atoms with Gasteiger partial charge < -0.3 is 20.4 Å². The maximum atomic E-state index is 9.10. The van der Waals surface area contributed by atoms with Crippen LogP contribution in [0.1, 0.15) is 331 Å². The quantitative estimate of drug-likeness (QED) is 0.0239. The number of aryl methyl sites for hydroxylation is 12. The molecule has 22 rings (SSSR count). The number of rotatable bonds is 34. The number of aliphatic hydroxyl groups is 4. The third-order valence-electron chi connectivity index (χ3n) is 34.3. The van der Waals surface area contributed by atoms with E-state index in [1.165, 1.54) is 295 Å². The van der Waals surface area contributed by atoms with E-state index in [9.17, 15) is 0 Å². The fourth-order valence-electron chi connectivity index (χ4n) is 24.5. The van der Waals surface area contributed by atoms with Gasteiger partial charge >= 0.3 is 0 Å². The summed E-state index contributed by atoms with van der Waals surface area (Å²) in [6.07, 6.45) is 37.8. The third-order valence-corrected chi connectivity index (χ3v) is 35.8. The van der Waals surface area contributed by atoms with Crippen LogP contribution in [-0.2, 0) is 98.7 Å². The van der Waals surface area contributed by atoms with Crippen molar-refractivity contribution in [2.75, 3.05) is 0 Å². The Kier molecular flexibility index (Phi) is 31.2. The Labute approximate surface area is 869 Å². The number of halogens is 2. The second kappa shape index (κ2) is 43.4. The molecule has 0 saturated carbocycles. The van der Waals surface area contributed by atoms with Gasteiger partial charge in [-0.3, -0.25) is 0 Å². The molecule has 14 aromatic rings. The smallest absolute Gasteiger partial charge is 0.114 e.